The van der Waals surface area contributed by atoms with Crippen LogP contribution in [-0.4, -0.2) is 52.9 Å². The molecule has 0 radical (unpaired) electrons. The van der Waals surface area contributed by atoms with Gasteiger partial charge in [-0.2, -0.15) is 0 Å². The number of benzene rings is 2. The van der Waals surface area contributed by atoms with Gasteiger partial charge < -0.3 is 26.0 Å². The molecule has 4 N–H and O–H groups in total. The Balaban J connectivity index is 1.65. The molecule has 4 rings (SSSR count). The number of aromatic hydroxyl groups is 1. The molecule has 0 saturated carbocycles. The summed E-state index contributed by atoms with van der Waals surface area (Å²) in [5.74, 6) is -0.689. The normalized spacial score (nSPS) is 20.5. The number of aryl methyl sites for hydroxylation is 1. The number of carbonyl (C=O) groups is 3. The van der Waals surface area contributed by atoms with E-state index in [-0.39, 0.29) is 36.1 Å². The molecule has 0 bridgehead atoms. The van der Waals surface area contributed by atoms with Crippen LogP contribution in [0.5, 0.6) is 5.75 Å². The number of phenols is 1. The minimum absolute atomic E-state index is 0.111. The second-order valence-electron chi connectivity index (χ2n) is 11.6. The lowest BCUT2D eigenvalue weighted by Crippen LogP contribution is -2.62. The minimum atomic E-state index is -0.838. The van der Waals surface area contributed by atoms with E-state index >= 15 is 0 Å². The van der Waals surface area contributed by atoms with Crippen molar-refractivity contribution in [3.05, 3.63) is 64.7 Å². The van der Waals surface area contributed by atoms with E-state index in [0.29, 0.717) is 6.42 Å². The third-order valence-corrected chi connectivity index (χ3v) is 7.82. The van der Waals surface area contributed by atoms with Crippen molar-refractivity contribution in [3.63, 3.8) is 0 Å². The Bertz CT molecular complexity index is 1200. The van der Waals surface area contributed by atoms with Gasteiger partial charge >= 0.3 is 0 Å². The second kappa shape index (κ2) is 11.2. The number of carbonyl (C=O) groups excluding carboxylic acids is 3. The van der Waals surface area contributed by atoms with Crippen molar-refractivity contribution in [1.82, 2.24) is 20.9 Å². The Morgan fingerprint density at radius 1 is 1.05 bits per heavy atom. The third kappa shape index (κ3) is 5.85. The van der Waals surface area contributed by atoms with Crippen molar-refractivity contribution in [3.8, 4) is 5.75 Å². The highest BCUT2D eigenvalue weighted by Crippen LogP contribution is 2.32. The lowest BCUT2D eigenvalue weighted by molar-refractivity contribution is -0.147. The Kier molecular flexibility index (Phi) is 8.11. The van der Waals surface area contributed by atoms with Gasteiger partial charge in [-0.05, 0) is 73.0 Å². The van der Waals surface area contributed by atoms with Gasteiger partial charge in [-0.25, -0.2) is 0 Å². The molecular formula is C30H40N4O4. The van der Waals surface area contributed by atoms with Crippen LogP contribution in [0.1, 0.15) is 68.8 Å². The van der Waals surface area contributed by atoms with Gasteiger partial charge in [0.05, 0.1) is 12.1 Å². The SMILES string of the molecule is CN[C@@H](C)C(=O)NC(C(=O)N1Cc2cc(O)ccc2CC1C(=O)NC1CCCc2ccccc21)C(C)(C)C. The maximum Gasteiger partial charge on any atom is 0.246 e. The van der Waals surface area contributed by atoms with Crippen LogP contribution in [0.4, 0.5) is 0 Å². The molecule has 3 unspecified atom stereocenters. The van der Waals surface area contributed by atoms with Gasteiger partial charge in [-0.1, -0.05) is 51.1 Å². The summed E-state index contributed by atoms with van der Waals surface area (Å²) in [6, 6.07) is 11.1. The van der Waals surface area contributed by atoms with Gasteiger partial charge in [0.1, 0.15) is 17.8 Å². The molecule has 2 aromatic rings. The zero-order valence-corrected chi connectivity index (χ0v) is 23.0. The molecule has 8 heteroatoms. The van der Waals surface area contributed by atoms with E-state index in [0.717, 1.165) is 36.0 Å². The van der Waals surface area contributed by atoms with Crippen LogP contribution in [0.2, 0.25) is 0 Å². The highest BCUT2D eigenvalue weighted by molar-refractivity contribution is 5.94. The summed E-state index contributed by atoms with van der Waals surface area (Å²) in [5.41, 5.74) is 3.51. The number of fused-ring (bicyclic) bond motifs is 2. The molecule has 3 amide bonds. The Hall–Kier alpha value is -3.39. The molecule has 204 valence electrons. The van der Waals surface area contributed by atoms with Crippen LogP contribution in [0.3, 0.4) is 0 Å². The predicted octanol–water partition coefficient (Wildman–Crippen LogP) is 2.98. The number of rotatable bonds is 6. The van der Waals surface area contributed by atoms with E-state index < -0.39 is 23.5 Å². The van der Waals surface area contributed by atoms with Gasteiger partial charge in [0, 0.05) is 13.0 Å². The largest absolute Gasteiger partial charge is 0.508 e. The van der Waals surface area contributed by atoms with Crippen LogP contribution in [-0.2, 0) is 33.8 Å². The summed E-state index contributed by atoms with van der Waals surface area (Å²) in [6.45, 7) is 7.61. The maximum atomic E-state index is 14.1. The molecule has 0 saturated heterocycles. The number of phenolic OH excluding ortho intramolecular Hbond substituents is 1. The number of likely N-dealkylation sites (N-methyl/N-ethyl adjacent to an activating group) is 1. The summed E-state index contributed by atoms with van der Waals surface area (Å²) in [5, 5.41) is 19.2. The smallest absolute Gasteiger partial charge is 0.246 e. The Morgan fingerprint density at radius 3 is 2.50 bits per heavy atom. The van der Waals surface area contributed by atoms with Gasteiger partial charge in [0.2, 0.25) is 17.7 Å². The number of nitrogens with zero attached hydrogens (tertiary/aromatic N) is 1. The molecule has 1 aliphatic carbocycles. The van der Waals surface area contributed by atoms with Crippen LogP contribution in [0.25, 0.3) is 0 Å². The van der Waals surface area contributed by atoms with E-state index in [9.17, 15) is 19.5 Å². The molecule has 0 spiro atoms. The number of hydrogen-bond acceptors (Lipinski definition) is 5. The highest BCUT2D eigenvalue weighted by atomic mass is 16.3. The van der Waals surface area contributed by atoms with Gasteiger partial charge in [-0.3, -0.25) is 14.4 Å². The lowest BCUT2D eigenvalue weighted by atomic mass is 9.83. The van der Waals surface area contributed by atoms with Crippen molar-refractivity contribution in [2.45, 2.75) is 84.1 Å². The first-order valence-electron chi connectivity index (χ1n) is 13.5. The topological polar surface area (TPSA) is 111 Å². The average molecular weight is 521 g/mol. The standard InChI is InChI=1S/C30H40N4O4/c1-18(31-5)27(36)33-26(30(2,3)4)29(38)34-17-21-15-22(35)14-13-20(21)16-25(34)28(37)32-24-12-8-10-19-9-6-7-11-23(19)24/h6-7,9,11,13-15,18,24-26,31,35H,8,10,12,16-17H2,1-5H3,(H,32,37)(H,33,36)/t18-,24?,25?,26?/m0/s1. The Labute approximate surface area is 225 Å². The van der Waals surface area contributed by atoms with Gasteiger partial charge in [-0.15, -0.1) is 0 Å². The molecule has 1 aliphatic heterocycles. The first-order chi connectivity index (χ1) is 18.0. The fourth-order valence-corrected chi connectivity index (χ4v) is 5.42. The van der Waals surface area contributed by atoms with Crippen LogP contribution in [0.15, 0.2) is 42.5 Å². The summed E-state index contributed by atoms with van der Waals surface area (Å²) in [6.07, 6.45) is 3.15. The third-order valence-electron chi connectivity index (χ3n) is 7.82. The van der Waals surface area contributed by atoms with E-state index in [1.807, 2.05) is 39.0 Å². The number of hydrogen-bond donors (Lipinski definition) is 4. The molecule has 0 fully saturated rings. The van der Waals surface area contributed by atoms with Crippen LogP contribution in [0, 0.1) is 5.41 Å². The monoisotopic (exact) mass is 520 g/mol. The zero-order chi connectivity index (χ0) is 27.6. The second-order valence-corrected chi connectivity index (χ2v) is 11.6. The van der Waals surface area contributed by atoms with E-state index in [1.165, 1.54) is 5.56 Å². The predicted molar refractivity (Wildman–Crippen MR) is 146 cm³/mol. The maximum absolute atomic E-state index is 14.1. The van der Waals surface area contributed by atoms with Crippen LogP contribution >= 0.6 is 0 Å². The average Bonchev–Trinajstić information content (AvgIpc) is 2.89. The highest BCUT2D eigenvalue weighted by Gasteiger charge is 2.42. The van der Waals surface area contributed by atoms with Gasteiger partial charge in [0.15, 0.2) is 0 Å². The Morgan fingerprint density at radius 2 is 1.79 bits per heavy atom. The summed E-state index contributed by atoms with van der Waals surface area (Å²) < 4.78 is 0. The summed E-state index contributed by atoms with van der Waals surface area (Å²) >= 11 is 0. The fraction of sp³-hybridized carbons (Fsp3) is 0.500. The minimum Gasteiger partial charge on any atom is -0.508 e. The molecule has 2 aliphatic rings. The zero-order valence-electron chi connectivity index (χ0n) is 23.0. The van der Waals surface area contributed by atoms with Crippen molar-refractivity contribution >= 4 is 17.7 Å². The van der Waals surface area contributed by atoms with E-state index in [2.05, 4.69) is 28.1 Å². The van der Waals surface area contributed by atoms with E-state index in [4.69, 9.17) is 0 Å². The molecular weight excluding hydrogens is 480 g/mol. The summed E-state index contributed by atoms with van der Waals surface area (Å²) in [7, 11) is 1.69. The lowest BCUT2D eigenvalue weighted by Gasteiger charge is -2.41. The number of amides is 3. The van der Waals surface area contributed by atoms with Crippen molar-refractivity contribution in [1.29, 1.82) is 0 Å². The number of nitrogens with one attached hydrogen (secondary N) is 3. The summed E-state index contributed by atoms with van der Waals surface area (Å²) in [4.78, 5) is 42.4. The van der Waals surface area contributed by atoms with Crippen molar-refractivity contribution in [2.75, 3.05) is 7.05 Å². The molecule has 1 heterocycles. The van der Waals surface area contributed by atoms with Crippen LogP contribution < -0.4 is 16.0 Å². The first kappa shape index (κ1) is 27.6. The molecule has 4 atom stereocenters. The quantitative estimate of drug-likeness (QED) is 0.468. The van der Waals surface area contributed by atoms with Crippen molar-refractivity contribution in [2.24, 2.45) is 5.41 Å². The van der Waals surface area contributed by atoms with Gasteiger partial charge in [0.25, 0.3) is 0 Å². The molecule has 2 aromatic carbocycles. The fourth-order valence-electron chi connectivity index (χ4n) is 5.42. The van der Waals surface area contributed by atoms with Crippen molar-refractivity contribution < 1.29 is 19.5 Å². The molecule has 0 aromatic heterocycles. The molecule has 38 heavy (non-hydrogen) atoms. The first-order valence-corrected chi connectivity index (χ1v) is 13.5. The van der Waals surface area contributed by atoms with E-state index in [1.54, 1.807) is 31.0 Å². The molecule has 8 nitrogen and oxygen atoms in total.